The lowest BCUT2D eigenvalue weighted by Crippen LogP contribution is -2.25. The van der Waals surface area contributed by atoms with Crippen LogP contribution in [0.5, 0.6) is 0 Å². The molecule has 5 heteroatoms. The van der Waals surface area contributed by atoms with Crippen molar-refractivity contribution in [3.63, 3.8) is 0 Å². The summed E-state index contributed by atoms with van der Waals surface area (Å²) in [6.45, 7) is 7.09. The molecule has 0 bridgehead atoms. The van der Waals surface area contributed by atoms with Crippen molar-refractivity contribution in [1.82, 2.24) is 4.98 Å². The molecule has 0 radical (unpaired) electrons. The Morgan fingerprint density at radius 2 is 2.06 bits per heavy atom. The number of aryl methyl sites for hydroxylation is 1. The van der Waals surface area contributed by atoms with E-state index < -0.39 is 16.1 Å². The highest BCUT2D eigenvalue weighted by Crippen LogP contribution is 2.16. The molecule has 0 amide bonds. The highest BCUT2D eigenvalue weighted by Gasteiger charge is 2.25. The Balaban J connectivity index is 2.81. The van der Waals surface area contributed by atoms with Crippen LogP contribution in [0.25, 0.3) is 0 Å². The summed E-state index contributed by atoms with van der Waals surface area (Å²) in [5.74, 6) is -0.353. The summed E-state index contributed by atoms with van der Waals surface area (Å²) in [7, 11) is 0. The zero-order valence-electron chi connectivity index (χ0n) is 9.82. The van der Waals surface area contributed by atoms with Crippen LogP contribution in [0.4, 0.5) is 4.39 Å². The maximum atomic E-state index is 12.9. The summed E-state index contributed by atoms with van der Waals surface area (Å²) < 4.78 is 28.0. The average molecular weight is 242 g/mol. The molecule has 0 fully saturated rings. The molecule has 1 rings (SSSR count). The molecule has 88 valence electrons. The third kappa shape index (κ3) is 3.57. The van der Waals surface area contributed by atoms with Gasteiger partial charge in [0, 0.05) is 0 Å². The molecule has 0 aliphatic carbocycles. The molecule has 0 aliphatic heterocycles. The summed E-state index contributed by atoms with van der Waals surface area (Å²) in [6, 6.07) is 2.83. The molecule has 0 saturated carbocycles. The first-order valence-corrected chi connectivity index (χ1v) is 6.00. The number of rotatable bonds is 2. The van der Waals surface area contributed by atoms with Gasteiger partial charge >= 0.3 is 0 Å². The molecule has 1 aromatic rings. The van der Waals surface area contributed by atoms with Crippen molar-refractivity contribution in [3.8, 4) is 0 Å². The highest BCUT2D eigenvalue weighted by molar-refractivity contribution is 7.91. The van der Waals surface area contributed by atoms with Gasteiger partial charge in [0.15, 0.2) is 0 Å². The topological polar surface area (TPSA) is 48.3 Å². The third-order valence-corrected chi connectivity index (χ3v) is 3.19. The first-order chi connectivity index (χ1) is 7.30. The van der Waals surface area contributed by atoms with Gasteiger partial charge in [-0.1, -0.05) is 4.40 Å². The Kier molecular flexibility index (Phi) is 4.04. The van der Waals surface area contributed by atoms with Crippen LogP contribution in [0.1, 0.15) is 32.2 Å². The number of halogens is 1. The zero-order valence-corrected chi connectivity index (χ0v) is 10.6. The molecule has 1 atom stereocenters. The number of pyridine rings is 1. The maximum Gasteiger partial charge on any atom is 0.144 e. The predicted octanol–water partition coefficient (Wildman–Crippen LogP) is 2.41. The van der Waals surface area contributed by atoms with E-state index in [0.29, 0.717) is 11.4 Å². The SMILES string of the molecule is Cc1nc(/C=N/[S@@+]([O-])C(C)(C)C)ccc1F. The van der Waals surface area contributed by atoms with Crippen molar-refractivity contribution in [3.05, 3.63) is 29.3 Å². The van der Waals surface area contributed by atoms with Crippen LogP contribution in [-0.2, 0) is 11.4 Å². The van der Waals surface area contributed by atoms with Gasteiger partial charge in [0.1, 0.15) is 28.1 Å². The van der Waals surface area contributed by atoms with E-state index in [0.717, 1.165) is 0 Å². The smallest absolute Gasteiger partial charge is 0.144 e. The Bertz CT molecular complexity index is 401. The van der Waals surface area contributed by atoms with Gasteiger partial charge in [0.2, 0.25) is 0 Å². The van der Waals surface area contributed by atoms with Crippen molar-refractivity contribution < 1.29 is 8.94 Å². The van der Waals surface area contributed by atoms with Crippen LogP contribution in [0.3, 0.4) is 0 Å². The summed E-state index contributed by atoms with van der Waals surface area (Å²) in [4.78, 5) is 3.97. The van der Waals surface area contributed by atoms with E-state index in [1.807, 2.05) is 20.8 Å². The quantitative estimate of drug-likeness (QED) is 0.590. The minimum absolute atomic E-state index is 0.311. The molecule has 0 N–H and O–H groups in total. The van der Waals surface area contributed by atoms with Crippen molar-refractivity contribution in [2.75, 3.05) is 0 Å². The van der Waals surface area contributed by atoms with E-state index in [9.17, 15) is 8.94 Å². The first-order valence-electron chi connectivity index (χ1n) is 4.90. The van der Waals surface area contributed by atoms with Crippen molar-refractivity contribution >= 4 is 17.6 Å². The molecule has 0 aromatic carbocycles. The van der Waals surface area contributed by atoms with Crippen LogP contribution in [0, 0.1) is 12.7 Å². The molecule has 16 heavy (non-hydrogen) atoms. The summed E-state index contributed by atoms with van der Waals surface area (Å²) in [5.41, 5.74) is 0.821. The molecular weight excluding hydrogens is 227 g/mol. The fourth-order valence-electron chi connectivity index (χ4n) is 0.895. The standard InChI is InChI=1S/C11H15FN2OS/c1-8-10(12)6-5-9(14-8)7-13-16(15)11(2,3)4/h5-7H,1-4H3/b13-7+/t16-/m0/s1. The third-order valence-electron chi connectivity index (χ3n) is 1.85. The van der Waals surface area contributed by atoms with Crippen LogP contribution in [0.2, 0.25) is 0 Å². The van der Waals surface area contributed by atoms with E-state index in [1.54, 1.807) is 6.92 Å². The Morgan fingerprint density at radius 3 is 2.56 bits per heavy atom. The Morgan fingerprint density at radius 1 is 1.44 bits per heavy atom. The second-order valence-electron chi connectivity index (χ2n) is 4.40. The molecule has 0 aliphatic rings. The first kappa shape index (κ1) is 13.1. The zero-order chi connectivity index (χ0) is 12.3. The van der Waals surface area contributed by atoms with Crippen LogP contribution in [0.15, 0.2) is 16.5 Å². The normalized spacial score (nSPS) is 14.4. The van der Waals surface area contributed by atoms with Crippen LogP contribution < -0.4 is 0 Å². The molecule has 0 saturated heterocycles. The van der Waals surface area contributed by atoms with E-state index in [-0.39, 0.29) is 5.82 Å². The maximum absolute atomic E-state index is 12.9. The van der Waals surface area contributed by atoms with Crippen LogP contribution >= 0.6 is 0 Å². The number of hydrogen-bond acceptors (Lipinski definition) is 3. The van der Waals surface area contributed by atoms with Gasteiger partial charge in [-0.25, -0.2) is 9.37 Å². The van der Waals surface area contributed by atoms with Gasteiger partial charge in [0.05, 0.1) is 11.4 Å². The lowest BCUT2D eigenvalue weighted by Gasteiger charge is -2.17. The van der Waals surface area contributed by atoms with Gasteiger partial charge in [-0.15, -0.1) is 0 Å². The second-order valence-corrected chi connectivity index (χ2v) is 6.33. The van der Waals surface area contributed by atoms with E-state index in [2.05, 4.69) is 9.38 Å². The van der Waals surface area contributed by atoms with Gasteiger partial charge < -0.3 is 4.55 Å². The van der Waals surface area contributed by atoms with Crippen LogP contribution in [-0.4, -0.2) is 20.5 Å². The second kappa shape index (κ2) is 4.93. The number of aromatic nitrogens is 1. The predicted molar refractivity (Wildman–Crippen MR) is 64.4 cm³/mol. The van der Waals surface area contributed by atoms with Gasteiger partial charge in [-0.05, 0) is 39.8 Å². The van der Waals surface area contributed by atoms with Crippen molar-refractivity contribution in [2.24, 2.45) is 4.40 Å². The van der Waals surface area contributed by atoms with E-state index in [1.165, 1.54) is 18.3 Å². The van der Waals surface area contributed by atoms with Crippen molar-refractivity contribution in [1.29, 1.82) is 0 Å². The number of nitrogens with zero attached hydrogens (tertiary/aromatic N) is 2. The fraction of sp³-hybridized carbons (Fsp3) is 0.455. The summed E-state index contributed by atoms with van der Waals surface area (Å²) in [6.07, 6.45) is 1.41. The number of hydrogen-bond donors (Lipinski definition) is 0. The molecule has 3 nitrogen and oxygen atoms in total. The lowest BCUT2D eigenvalue weighted by molar-refractivity contribution is 0.562. The van der Waals surface area contributed by atoms with Gasteiger partial charge in [-0.2, -0.15) is 0 Å². The molecule has 0 spiro atoms. The van der Waals surface area contributed by atoms with E-state index >= 15 is 0 Å². The minimum atomic E-state index is -1.31. The van der Waals surface area contributed by atoms with Gasteiger partial charge in [0.25, 0.3) is 0 Å². The monoisotopic (exact) mass is 242 g/mol. The Hall–Kier alpha value is -0.940. The van der Waals surface area contributed by atoms with Gasteiger partial charge in [-0.3, -0.25) is 0 Å². The minimum Gasteiger partial charge on any atom is -0.591 e. The average Bonchev–Trinajstić information content (AvgIpc) is 2.18. The molecular formula is C11H15FN2OS. The van der Waals surface area contributed by atoms with Crippen molar-refractivity contribution in [2.45, 2.75) is 32.4 Å². The fourth-order valence-corrected chi connectivity index (χ4v) is 1.42. The largest absolute Gasteiger partial charge is 0.591 e. The van der Waals surface area contributed by atoms with E-state index in [4.69, 9.17) is 0 Å². The molecule has 1 heterocycles. The molecule has 1 aromatic heterocycles. The Labute approximate surface area is 98.1 Å². The summed E-state index contributed by atoms with van der Waals surface area (Å²) in [5, 5.41) is 0. The molecule has 0 unspecified atom stereocenters. The highest BCUT2D eigenvalue weighted by atomic mass is 32.2. The summed E-state index contributed by atoms with van der Waals surface area (Å²) >= 11 is -1.31. The lowest BCUT2D eigenvalue weighted by atomic mass is 10.3.